The number of hydrogen-bond acceptors (Lipinski definition) is 5. The molecule has 0 aliphatic rings. The summed E-state index contributed by atoms with van der Waals surface area (Å²) < 4.78 is 5.59. The van der Waals surface area contributed by atoms with Crippen molar-refractivity contribution in [3.05, 3.63) is 63.7 Å². The molecule has 106 valence electrons. The average Bonchev–Trinajstić information content (AvgIpc) is 2.47. The predicted molar refractivity (Wildman–Crippen MR) is 75.0 cm³/mol. The van der Waals surface area contributed by atoms with E-state index in [0.29, 0.717) is 16.9 Å². The molecule has 6 heteroatoms. The molecule has 1 atom stereocenters. The number of benzene rings is 2. The first kappa shape index (κ1) is 14.5. The number of hydrogen-bond donors (Lipinski definition) is 1. The van der Waals surface area contributed by atoms with Crippen molar-refractivity contribution in [1.82, 2.24) is 0 Å². The van der Waals surface area contributed by atoms with Gasteiger partial charge in [0.05, 0.1) is 28.7 Å². The number of nitro benzene ring substituents is 1. The maximum absolute atomic E-state index is 10.7. The van der Waals surface area contributed by atoms with Crippen LogP contribution in [-0.4, -0.2) is 10.0 Å². The Kier molecular flexibility index (Phi) is 4.16. The largest absolute Gasteiger partial charge is 0.457 e. The fourth-order valence-electron chi connectivity index (χ4n) is 1.82. The van der Waals surface area contributed by atoms with Gasteiger partial charge in [-0.05, 0) is 25.1 Å². The molecule has 1 N–H and O–H groups in total. The van der Waals surface area contributed by atoms with E-state index in [2.05, 4.69) is 0 Å². The number of non-ortho nitro benzene ring substituents is 1. The van der Waals surface area contributed by atoms with Crippen LogP contribution in [0.4, 0.5) is 5.69 Å². The summed E-state index contributed by atoms with van der Waals surface area (Å²) in [5.41, 5.74) is 0.780. The van der Waals surface area contributed by atoms with Gasteiger partial charge in [0.15, 0.2) is 0 Å². The maximum Gasteiger partial charge on any atom is 0.273 e. The molecule has 0 radical (unpaired) electrons. The fraction of sp³-hybridized carbons (Fsp3) is 0.133. The molecule has 0 aromatic heterocycles. The second-order valence-corrected chi connectivity index (χ2v) is 4.40. The van der Waals surface area contributed by atoms with Gasteiger partial charge in [-0.15, -0.1) is 0 Å². The number of nitrogens with zero attached hydrogens (tertiary/aromatic N) is 2. The van der Waals surface area contributed by atoms with E-state index in [-0.39, 0.29) is 11.4 Å². The summed E-state index contributed by atoms with van der Waals surface area (Å²) in [7, 11) is 0. The zero-order valence-corrected chi connectivity index (χ0v) is 11.2. The smallest absolute Gasteiger partial charge is 0.273 e. The topological polar surface area (TPSA) is 96.4 Å². The lowest BCUT2D eigenvalue weighted by atomic mass is 10.1. The van der Waals surface area contributed by atoms with Gasteiger partial charge in [0, 0.05) is 11.6 Å². The molecule has 21 heavy (non-hydrogen) atoms. The minimum Gasteiger partial charge on any atom is -0.457 e. The van der Waals surface area contributed by atoms with E-state index in [1.54, 1.807) is 25.1 Å². The molecule has 2 rings (SSSR count). The van der Waals surface area contributed by atoms with E-state index in [1.807, 2.05) is 6.07 Å². The normalized spacial score (nSPS) is 11.5. The molecular formula is C15H12N2O4. The van der Waals surface area contributed by atoms with Crippen LogP contribution in [-0.2, 0) is 0 Å². The van der Waals surface area contributed by atoms with Gasteiger partial charge in [0.1, 0.15) is 11.5 Å². The Bertz CT molecular complexity index is 720. The van der Waals surface area contributed by atoms with Crippen LogP contribution in [0.3, 0.4) is 0 Å². The molecule has 6 nitrogen and oxygen atoms in total. The van der Waals surface area contributed by atoms with Gasteiger partial charge in [-0.25, -0.2) is 0 Å². The van der Waals surface area contributed by atoms with Crippen LogP contribution in [0.2, 0.25) is 0 Å². The standard InChI is InChI=1S/C15H12N2O4/c1-10(18)14-6-5-11(9-16)7-15(14)21-13-4-2-3-12(8-13)17(19)20/h2-8,10,18H,1H3/t10-/m0/s1. The molecule has 0 heterocycles. The SMILES string of the molecule is C[C@H](O)c1ccc(C#N)cc1Oc1cccc([N+](=O)[O-])c1. The minimum absolute atomic E-state index is 0.0949. The van der Waals surface area contributed by atoms with E-state index in [4.69, 9.17) is 10.00 Å². The van der Waals surface area contributed by atoms with Crippen molar-refractivity contribution in [2.75, 3.05) is 0 Å². The van der Waals surface area contributed by atoms with Crippen molar-refractivity contribution in [2.45, 2.75) is 13.0 Å². The van der Waals surface area contributed by atoms with Crippen molar-refractivity contribution >= 4 is 5.69 Å². The van der Waals surface area contributed by atoms with Crippen LogP contribution in [0, 0.1) is 21.4 Å². The van der Waals surface area contributed by atoms with Gasteiger partial charge in [0.25, 0.3) is 5.69 Å². The molecule has 2 aromatic rings. The van der Waals surface area contributed by atoms with Crippen LogP contribution in [0.1, 0.15) is 24.2 Å². The zero-order chi connectivity index (χ0) is 15.4. The van der Waals surface area contributed by atoms with Crippen LogP contribution in [0.5, 0.6) is 11.5 Å². The molecule has 2 aromatic carbocycles. The third-order valence-corrected chi connectivity index (χ3v) is 2.85. The Balaban J connectivity index is 2.40. The molecule has 0 unspecified atom stereocenters. The van der Waals surface area contributed by atoms with Crippen LogP contribution in [0.15, 0.2) is 42.5 Å². The molecule has 0 bridgehead atoms. The van der Waals surface area contributed by atoms with E-state index < -0.39 is 11.0 Å². The highest BCUT2D eigenvalue weighted by Gasteiger charge is 2.13. The van der Waals surface area contributed by atoms with E-state index >= 15 is 0 Å². The van der Waals surface area contributed by atoms with Gasteiger partial charge in [-0.3, -0.25) is 10.1 Å². The van der Waals surface area contributed by atoms with Gasteiger partial charge >= 0.3 is 0 Å². The molecule has 0 amide bonds. The lowest BCUT2D eigenvalue weighted by Gasteiger charge is -2.13. The summed E-state index contributed by atoms with van der Waals surface area (Å²) in [6.45, 7) is 1.57. The third-order valence-electron chi connectivity index (χ3n) is 2.85. The van der Waals surface area contributed by atoms with Gasteiger partial charge in [-0.2, -0.15) is 5.26 Å². The molecule has 0 aliphatic heterocycles. The number of ether oxygens (including phenoxy) is 1. The van der Waals surface area contributed by atoms with Gasteiger partial charge in [-0.1, -0.05) is 12.1 Å². The van der Waals surface area contributed by atoms with E-state index in [1.165, 1.54) is 24.3 Å². The Morgan fingerprint density at radius 2 is 2.10 bits per heavy atom. The monoisotopic (exact) mass is 284 g/mol. The average molecular weight is 284 g/mol. The van der Waals surface area contributed by atoms with E-state index in [0.717, 1.165) is 0 Å². The quantitative estimate of drug-likeness (QED) is 0.686. The fourth-order valence-corrected chi connectivity index (χ4v) is 1.82. The Hall–Kier alpha value is -2.91. The second-order valence-electron chi connectivity index (χ2n) is 4.40. The van der Waals surface area contributed by atoms with Crippen LogP contribution >= 0.6 is 0 Å². The van der Waals surface area contributed by atoms with Crippen molar-refractivity contribution in [2.24, 2.45) is 0 Å². The summed E-state index contributed by atoms with van der Waals surface area (Å²) in [6, 6.07) is 12.3. The van der Waals surface area contributed by atoms with Crippen LogP contribution in [0.25, 0.3) is 0 Å². The molecule has 0 saturated heterocycles. The van der Waals surface area contributed by atoms with Crippen molar-refractivity contribution in [3.63, 3.8) is 0 Å². The van der Waals surface area contributed by atoms with E-state index in [9.17, 15) is 15.2 Å². The summed E-state index contributed by atoms with van der Waals surface area (Å²) in [5.74, 6) is 0.561. The number of nitriles is 1. The number of nitro groups is 1. The molecule has 0 spiro atoms. The summed E-state index contributed by atoms with van der Waals surface area (Å²) in [4.78, 5) is 10.2. The van der Waals surface area contributed by atoms with Crippen LogP contribution < -0.4 is 4.74 Å². The number of aliphatic hydroxyl groups excluding tert-OH is 1. The maximum atomic E-state index is 10.7. The summed E-state index contributed by atoms with van der Waals surface area (Å²) in [6.07, 6.45) is -0.786. The molecular weight excluding hydrogens is 272 g/mol. The molecule has 0 fully saturated rings. The highest BCUT2D eigenvalue weighted by Crippen LogP contribution is 2.31. The lowest BCUT2D eigenvalue weighted by Crippen LogP contribution is -1.97. The molecule has 0 saturated carbocycles. The highest BCUT2D eigenvalue weighted by atomic mass is 16.6. The summed E-state index contributed by atoms with van der Waals surface area (Å²) in [5, 5.41) is 29.4. The number of rotatable bonds is 4. The Labute approximate surface area is 121 Å². The molecule has 0 aliphatic carbocycles. The first-order valence-corrected chi connectivity index (χ1v) is 6.15. The van der Waals surface area contributed by atoms with Crippen molar-refractivity contribution in [1.29, 1.82) is 5.26 Å². The summed E-state index contributed by atoms with van der Waals surface area (Å²) >= 11 is 0. The number of aliphatic hydroxyl groups is 1. The third kappa shape index (κ3) is 3.35. The Morgan fingerprint density at radius 3 is 2.71 bits per heavy atom. The van der Waals surface area contributed by atoms with Crippen molar-refractivity contribution in [3.8, 4) is 17.6 Å². The minimum atomic E-state index is -0.786. The van der Waals surface area contributed by atoms with Crippen molar-refractivity contribution < 1.29 is 14.8 Å². The first-order chi connectivity index (χ1) is 10.0. The van der Waals surface area contributed by atoms with Gasteiger partial charge < -0.3 is 9.84 Å². The second kappa shape index (κ2) is 6.03. The lowest BCUT2D eigenvalue weighted by molar-refractivity contribution is -0.384. The van der Waals surface area contributed by atoms with Gasteiger partial charge in [0.2, 0.25) is 0 Å². The predicted octanol–water partition coefficient (Wildman–Crippen LogP) is 3.31. The highest BCUT2D eigenvalue weighted by molar-refractivity contribution is 5.47. The zero-order valence-electron chi connectivity index (χ0n) is 11.2. The first-order valence-electron chi connectivity index (χ1n) is 6.15. The Morgan fingerprint density at radius 1 is 1.33 bits per heavy atom.